The average Bonchev–Trinajstić information content (AvgIpc) is 2.64. The van der Waals surface area contributed by atoms with E-state index in [2.05, 4.69) is 19.9 Å². The molecule has 6 nitrogen and oxygen atoms in total. The maximum absolute atomic E-state index is 6.22. The minimum Gasteiger partial charge on any atom is -0.471 e. The Balaban J connectivity index is 1.93. The van der Waals surface area contributed by atoms with Crippen molar-refractivity contribution in [2.24, 2.45) is 10.7 Å². The van der Waals surface area contributed by atoms with Gasteiger partial charge in [0.25, 0.3) is 0 Å². The van der Waals surface area contributed by atoms with Crippen LogP contribution in [0.5, 0.6) is 5.88 Å². The summed E-state index contributed by atoms with van der Waals surface area (Å²) in [5, 5.41) is 0.410. The highest BCUT2D eigenvalue weighted by atomic mass is 35.5. The first-order valence-corrected chi connectivity index (χ1v) is 7.92. The Bertz CT molecular complexity index is 941. The Hall–Kier alpha value is -2.99. The predicted octanol–water partition coefficient (Wildman–Crippen LogP) is 3.13. The number of hydrogen-bond donors (Lipinski definition) is 1. The van der Waals surface area contributed by atoms with Gasteiger partial charge in [-0.3, -0.25) is 9.98 Å². The van der Waals surface area contributed by atoms with E-state index in [9.17, 15) is 0 Å². The lowest BCUT2D eigenvalue weighted by Gasteiger charge is -2.10. The predicted molar refractivity (Wildman–Crippen MR) is 99.8 cm³/mol. The molecule has 0 aliphatic carbocycles. The van der Waals surface area contributed by atoms with Crippen molar-refractivity contribution < 1.29 is 4.74 Å². The van der Waals surface area contributed by atoms with Gasteiger partial charge in [-0.25, -0.2) is 9.97 Å². The van der Waals surface area contributed by atoms with Crippen molar-refractivity contribution in [1.82, 2.24) is 15.0 Å². The van der Waals surface area contributed by atoms with Crippen LogP contribution in [0.4, 0.5) is 0 Å². The van der Waals surface area contributed by atoms with Gasteiger partial charge in [-0.15, -0.1) is 0 Å². The fraction of sp³-hybridized carbons (Fsp3) is 0.111. The molecule has 2 N–H and O–H groups in total. The van der Waals surface area contributed by atoms with Gasteiger partial charge >= 0.3 is 0 Å². The highest BCUT2D eigenvalue weighted by Gasteiger charge is 2.09. The zero-order chi connectivity index (χ0) is 17.6. The van der Waals surface area contributed by atoms with E-state index in [4.69, 9.17) is 22.1 Å². The molecule has 0 fully saturated rings. The van der Waals surface area contributed by atoms with Gasteiger partial charge in [-0.05, 0) is 24.3 Å². The van der Waals surface area contributed by atoms with Crippen molar-refractivity contribution in [1.29, 1.82) is 0 Å². The van der Waals surface area contributed by atoms with E-state index in [0.29, 0.717) is 22.2 Å². The van der Waals surface area contributed by atoms with Crippen molar-refractivity contribution >= 4 is 34.4 Å². The van der Waals surface area contributed by atoms with E-state index in [0.717, 1.165) is 16.7 Å². The number of allylic oxidation sites excluding steroid dienone is 1. The van der Waals surface area contributed by atoms with Gasteiger partial charge in [-0.2, -0.15) is 0 Å². The number of nitrogens with zero attached hydrogens (tertiary/aromatic N) is 4. The van der Waals surface area contributed by atoms with E-state index in [1.54, 1.807) is 37.8 Å². The minimum absolute atomic E-state index is 0.180. The van der Waals surface area contributed by atoms with Gasteiger partial charge < -0.3 is 10.5 Å². The second-order valence-corrected chi connectivity index (χ2v) is 5.57. The topological polar surface area (TPSA) is 86.3 Å². The summed E-state index contributed by atoms with van der Waals surface area (Å²) in [6.07, 6.45) is 5.05. The zero-order valence-corrected chi connectivity index (χ0v) is 14.3. The summed E-state index contributed by atoms with van der Waals surface area (Å²) in [7, 11) is 1.68. The van der Waals surface area contributed by atoms with Crippen LogP contribution in [0.1, 0.15) is 5.56 Å². The van der Waals surface area contributed by atoms with Crippen molar-refractivity contribution in [3.05, 3.63) is 65.2 Å². The second-order valence-electron chi connectivity index (χ2n) is 5.18. The van der Waals surface area contributed by atoms with Crippen LogP contribution in [0.3, 0.4) is 0 Å². The van der Waals surface area contributed by atoms with Gasteiger partial charge in [-0.1, -0.05) is 17.7 Å². The lowest BCUT2D eigenvalue weighted by Crippen LogP contribution is -2.13. The molecule has 0 atom stereocenters. The van der Waals surface area contributed by atoms with Gasteiger partial charge in [0, 0.05) is 42.9 Å². The molecule has 0 amide bonds. The first-order valence-electron chi connectivity index (χ1n) is 7.54. The summed E-state index contributed by atoms with van der Waals surface area (Å²) < 4.78 is 5.61. The van der Waals surface area contributed by atoms with E-state index in [1.165, 1.54) is 0 Å². The maximum Gasteiger partial charge on any atom is 0.213 e. The molecule has 0 saturated carbocycles. The molecule has 0 aliphatic heterocycles. The molecule has 0 aliphatic rings. The largest absolute Gasteiger partial charge is 0.471 e. The van der Waals surface area contributed by atoms with Crippen molar-refractivity contribution in [2.45, 2.75) is 0 Å². The molecule has 3 aromatic heterocycles. The summed E-state index contributed by atoms with van der Waals surface area (Å²) in [6.45, 7) is 0.180. The highest BCUT2D eigenvalue weighted by molar-refractivity contribution is 6.29. The molecule has 3 aromatic rings. The lowest BCUT2D eigenvalue weighted by molar-refractivity contribution is 0.337. The fourth-order valence-electron chi connectivity index (χ4n) is 2.26. The number of fused-ring (bicyclic) bond motifs is 1. The smallest absolute Gasteiger partial charge is 0.213 e. The quantitative estimate of drug-likeness (QED) is 0.562. The molecule has 0 radical (unpaired) electrons. The third-order valence-corrected chi connectivity index (χ3v) is 3.64. The number of hydrogen-bond acceptors (Lipinski definition) is 6. The Morgan fingerprint density at radius 1 is 1.24 bits per heavy atom. The number of aromatic nitrogens is 3. The Morgan fingerprint density at radius 3 is 2.88 bits per heavy atom. The van der Waals surface area contributed by atoms with E-state index in [-0.39, 0.29) is 6.61 Å². The second kappa shape index (κ2) is 7.72. The van der Waals surface area contributed by atoms with Gasteiger partial charge in [0.2, 0.25) is 5.88 Å². The van der Waals surface area contributed by atoms with E-state index in [1.807, 2.05) is 24.3 Å². The monoisotopic (exact) mass is 353 g/mol. The molecule has 3 rings (SSSR count). The summed E-state index contributed by atoms with van der Waals surface area (Å²) in [5.74, 6) is 0.503. The average molecular weight is 354 g/mol. The van der Waals surface area contributed by atoms with Crippen LogP contribution in [0.2, 0.25) is 5.15 Å². The summed E-state index contributed by atoms with van der Waals surface area (Å²) in [6, 6.07) is 10.8. The number of ether oxygens (including phenoxy) is 1. The van der Waals surface area contributed by atoms with Crippen LogP contribution < -0.4 is 10.5 Å². The van der Waals surface area contributed by atoms with Gasteiger partial charge in [0.05, 0.1) is 16.7 Å². The summed E-state index contributed by atoms with van der Waals surface area (Å²) in [4.78, 5) is 16.9. The van der Waals surface area contributed by atoms with Crippen LogP contribution in [0.15, 0.2) is 59.5 Å². The number of pyridine rings is 3. The maximum atomic E-state index is 6.22. The van der Waals surface area contributed by atoms with Crippen molar-refractivity contribution in [3.63, 3.8) is 0 Å². The standard InChI is InChI=1S/C18H16ClN5O/c1-21-10-13(14(20)11-25-18-4-2-3-7-22-18)12-8-16-15(23-9-12)5-6-17(19)24-16/h2-10H,11,20H2,1H3. The molecule has 0 bridgehead atoms. The van der Waals surface area contributed by atoms with Crippen LogP contribution >= 0.6 is 11.6 Å². The molecule has 0 saturated heterocycles. The van der Waals surface area contributed by atoms with Crippen LogP contribution in [0.25, 0.3) is 16.6 Å². The minimum atomic E-state index is 0.180. The van der Waals surface area contributed by atoms with E-state index < -0.39 is 0 Å². The lowest BCUT2D eigenvalue weighted by atomic mass is 10.1. The van der Waals surface area contributed by atoms with Gasteiger partial charge in [0.15, 0.2) is 0 Å². The first kappa shape index (κ1) is 16.9. The highest BCUT2D eigenvalue weighted by Crippen LogP contribution is 2.20. The number of rotatable bonds is 5. The fourth-order valence-corrected chi connectivity index (χ4v) is 2.42. The Morgan fingerprint density at radius 2 is 2.12 bits per heavy atom. The molecule has 7 heteroatoms. The molecular formula is C18H16ClN5O. The summed E-state index contributed by atoms with van der Waals surface area (Å²) in [5.41, 5.74) is 9.68. The van der Waals surface area contributed by atoms with Crippen LogP contribution in [0, 0.1) is 0 Å². The number of halogens is 1. The van der Waals surface area contributed by atoms with Crippen molar-refractivity contribution in [2.75, 3.05) is 13.7 Å². The number of nitrogens with two attached hydrogens (primary N) is 1. The zero-order valence-electron chi connectivity index (χ0n) is 13.6. The normalized spacial score (nSPS) is 12.4. The van der Waals surface area contributed by atoms with Gasteiger partial charge in [0.1, 0.15) is 11.8 Å². The van der Waals surface area contributed by atoms with Crippen LogP contribution in [-0.4, -0.2) is 34.8 Å². The molecule has 25 heavy (non-hydrogen) atoms. The first-order chi connectivity index (χ1) is 12.2. The van der Waals surface area contributed by atoms with E-state index >= 15 is 0 Å². The SMILES string of the molecule is CN=CC(=C(N)COc1ccccn1)c1cnc2ccc(Cl)nc2c1. The molecule has 0 aromatic carbocycles. The van der Waals surface area contributed by atoms with Crippen LogP contribution in [-0.2, 0) is 0 Å². The Labute approximate surface area is 150 Å². The Kier molecular flexibility index (Phi) is 5.20. The number of aliphatic imine (C=N–C) groups is 1. The molecule has 126 valence electrons. The molecular weight excluding hydrogens is 338 g/mol. The molecule has 0 unspecified atom stereocenters. The molecule has 3 heterocycles. The molecule has 0 spiro atoms. The third-order valence-electron chi connectivity index (χ3n) is 3.43. The van der Waals surface area contributed by atoms with Crippen molar-refractivity contribution in [3.8, 4) is 5.88 Å². The third kappa shape index (κ3) is 4.10. The summed E-state index contributed by atoms with van der Waals surface area (Å²) >= 11 is 5.96.